The number of ether oxygens (including phenoxy) is 1. The zero-order chi connectivity index (χ0) is 20.6. The normalized spacial score (nSPS) is 14.1. The Kier molecular flexibility index (Phi) is 4.82. The zero-order valence-electron chi connectivity index (χ0n) is 16.1. The molecule has 2 N–H and O–H groups in total. The van der Waals surface area contributed by atoms with Crippen LogP contribution in [0.2, 0.25) is 0 Å². The van der Waals surface area contributed by atoms with Gasteiger partial charge in [-0.25, -0.2) is 9.18 Å². The predicted octanol–water partition coefficient (Wildman–Crippen LogP) is 2.85. The second-order valence-corrected chi connectivity index (χ2v) is 7.34. The summed E-state index contributed by atoms with van der Waals surface area (Å²) in [5.74, 6) is 5.59. The lowest BCUT2D eigenvalue weighted by Gasteiger charge is -2.24. The van der Waals surface area contributed by atoms with Crippen molar-refractivity contribution in [2.75, 3.05) is 18.1 Å². The van der Waals surface area contributed by atoms with Crippen molar-refractivity contribution in [1.82, 2.24) is 9.97 Å². The molecule has 148 valence electrons. The number of fused-ring (bicyclic) bond motifs is 2. The molecule has 2 aromatic carbocycles. The monoisotopic (exact) mass is 393 g/mol. The van der Waals surface area contributed by atoms with E-state index in [2.05, 4.69) is 21.8 Å². The largest absolute Gasteiger partial charge is 0.378 e. The van der Waals surface area contributed by atoms with E-state index in [1.54, 1.807) is 30.9 Å². The van der Waals surface area contributed by atoms with Crippen molar-refractivity contribution in [3.63, 3.8) is 0 Å². The van der Waals surface area contributed by atoms with E-state index < -0.39 is 17.1 Å². The maximum Gasteiger partial charge on any atom is 0.347 e. The van der Waals surface area contributed by atoms with Crippen LogP contribution in [0.5, 0.6) is 0 Å². The summed E-state index contributed by atoms with van der Waals surface area (Å²) in [5.41, 5.74) is 0.932. The number of aromatic nitrogens is 2. The van der Waals surface area contributed by atoms with E-state index >= 15 is 0 Å². The highest BCUT2D eigenvalue weighted by molar-refractivity contribution is 5.92. The minimum absolute atomic E-state index is 0.237. The first-order valence-electron chi connectivity index (χ1n) is 9.25. The highest BCUT2D eigenvalue weighted by Crippen LogP contribution is 2.35. The van der Waals surface area contributed by atoms with Crippen LogP contribution in [0, 0.1) is 17.7 Å². The fraction of sp³-hybridized carbons (Fsp3) is 0.273. The Morgan fingerprint density at radius 3 is 2.86 bits per heavy atom. The van der Waals surface area contributed by atoms with Gasteiger partial charge >= 0.3 is 5.69 Å². The third-order valence-electron chi connectivity index (χ3n) is 4.59. The van der Waals surface area contributed by atoms with Gasteiger partial charge in [0.2, 0.25) is 0 Å². The molecule has 0 atom stereocenters. The number of halogens is 1. The van der Waals surface area contributed by atoms with Crippen LogP contribution in [0.25, 0.3) is 10.9 Å². The van der Waals surface area contributed by atoms with Crippen LogP contribution in [0.4, 0.5) is 15.9 Å². The number of H-pyrrole nitrogens is 1. The summed E-state index contributed by atoms with van der Waals surface area (Å²) in [4.78, 5) is 20.6. The summed E-state index contributed by atoms with van der Waals surface area (Å²) >= 11 is 0. The van der Waals surface area contributed by atoms with Gasteiger partial charge in [-0.2, -0.15) is 4.98 Å². The van der Waals surface area contributed by atoms with Gasteiger partial charge < -0.3 is 19.7 Å². The van der Waals surface area contributed by atoms with E-state index in [1.165, 1.54) is 6.07 Å². The summed E-state index contributed by atoms with van der Waals surface area (Å²) < 4.78 is 20.4. The number of rotatable bonds is 1. The summed E-state index contributed by atoms with van der Waals surface area (Å²) in [7, 11) is 0. The molecule has 0 radical (unpaired) electrons. The maximum atomic E-state index is 14.7. The maximum absolute atomic E-state index is 14.7. The first-order valence-corrected chi connectivity index (χ1v) is 9.25. The van der Waals surface area contributed by atoms with Crippen molar-refractivity contribution in [3.8, 4) is 11.8 Å². The molecule has 3 aromatic rings. The second-order valence-electron chi connectivity index (χ2n) is 7.34. The van der Waals surface area contributed by atoms with Gasteiger partial charge in [-0.3, -0.25) is 0 Å². The van der Waals surface area contributed by atoms with Crippen LogP contribution < -0.4 is 10.6 Å². The molecular weight excluding hydrogens is 373 g/mol. The van der Waals surface area contributed by atoms with E-state index in [0.29, 0.717) is 30.8 Å². The summed E-state index contributed by atoms with van der Waals surface area (Å²) in [6.07, 6.45) is 0. The third-order valence-corrected chi connectivity index (χ3v) is 4.59. The van der Waals surface area contributed by atoms with Gasteiger partial charge in [0.05, 0.1) is 24.1 Å². The highest BCUT2D eigenvalue weighted by atomic mass is 19.1. The first kappa shape index (κ1) is 19.1. The number of benzene rings is 2. The lowest BCUT2D eigenvalue weighted by molar-refractivity contribution is 0.133. The van der Waals surface area contributed by atoms with Gasteiger partial charge in [0, 0.05) is 23.4 Å². The molecule has 0 bridgehead atoms. The zero-order valence-corrected chi connectivity index (χ0v) is 16.1. The lowest BCUT2D eigenvalue weighted by Crippen LogP contribution is -2.25. The highest BCUT2D eigenvalue weighted by Gasteiger charge is 2.23. The van der Waals surface area contributed by atoms with E-state index in [1.807, 2.05) is 18.2 Å². The molecule has 4 rings (SSSR count). The van der Waals surface area contributed by atoms with Gasteiger partial charge in [0.25, 0.3) is 0 Å². The van der Waals surface area contributed by atoms with Crippen molar-refractivity contribution in [2.45, 2.75) is 26.1 Å². The average Bonchev–Trinajstić information content (AvgIpc) is 2.88. The Morgan fingerprint density at radius 2 is 2.07 bits per heavy atom. The van der Waals surface area contributed by atoms with Crippen molar-refractivity contribution in [2.24, 2.45) is 0 Å². The standard InChI is InChI=1S/C22H20FN3O3/c1-22(2,28)10-9-14-5-3-8-18-15(14)13-29-12-11-26(18)20-19-16(23)6-4-7-17(19)24-21(27)25-20/h3-8,28H,11-13H2,1-2H3,(H,24,25,27). The minimum Gasteiger partial charge on any atom is -0.378 e. The molecule has 7 heteroatoms. The van der Waals surface area contributed by atoms with E-state index in [-0.39, 0.29) is 11.2 Å². The van der Waals surface area contributed by atoms with Crippen LogP contribution in [0.3, 0.4) is 0 Å². The third kappa shape index (κ3) is 3.86. The molecule has 0 spiro atoms. The van der Waals surface area contributed by atoms with Crippen LogP contribution in [-0.2, 0) is 11.3 Å². The molecule has 0 fully saturated rings. The molecule has 0 amide bonds. The number of nitrogens with zero attached hydrogens (tertiary/aromatic N) is 2. The lowest BCUT2D eigenvalue weighted by atomic mass is 10.0. The van der Waals surface area contributed by atoms with Crippen LogP contribution in [0.1, 0.15) is 25.0 Å². The van der Waals surface area contributed by atoms with Gasteiger partial charge in [0.15, 0.2) is 5.82 Å². The van der Waals surface area contributed by atoms with E-state index in [9.17, 15) is 14.3 Å². The van der Waals surface area contributed by atoms with Crippen LogP contribution in [0.15, 0.2) is 41.2 Å². The number of aliphatic hydroxyl groups is 1. The molecule has 0 unspecified atom stereocenters. The fourth-order valence-corrected chi connectivity index (χ4v) is 3.33. The first-order chi connectivity index (χ1) is 13.8. The van der Waals surface area contributed by atoms with Crippen molar-refractivity contribution in [1.29, 1.82) is 0 Å². The summed E-state index contributed by atoms with van der Waals surface area (Å²) in [6, 6.07) is 10.1. The molecule has 1 aromatic heterocycles. The number of hydrogen-bond donors (Lipinski definition) is 2. The Labute approximate surface area is 167 Å². The quantitative estimate of drug-likeness (QED) is 0.622. The molecular formula is C22H20FN3O3. The summed E-state index contributed by atoms with van der Waals surface area (Å²) in [6.45, 7) is 4.30. The fourth-order valence-electron chi connectivity index (χ4n) is 3.33. The van der Waals surface area contributed by atoms with Crippen LogP contribution >= 0.6 is 0 Å². The predicted molar refractivity (Wildman–Crippen MR) is 109 cm³/mol. The van der Waals surface area contributed by atoms with Gasteiger partial charge in [0.1, 0.15) is 11.4 Å². The number of nitrogens with one attached hydrogen (secondary N) is 1. The number of anilines is 2. The van der Waals surface area contributed by atoms with Gasteiger partial charge in [-0.15, -0.1) is 0 Å². The van der Waals surface area contributed by atoms with Gasteiger partial charge in [-0.05, 0) is 38.1 Å². The Bertz CT molecular complexity index is 1200. The number of hydrogen-bond acceptors (Lipinski definition) is 5. The molecule has 0 saturated carbocycles. The minimum atomic E-state index is -1.14. The van der Waals surface area contributed by atoms with Gasteiger partial charge in [-0.1, -0.05) is 24.0 Å². The Balaban J connectivity index is 1.94. The molecule has 1 aliphatic rings. The molecule has 0 saturated heterocycles. The molecule has 6 nitrogen and oxygen atoms in total. The smallest absolute Gasteiger partial charge is 0.347 e. The molecule has 2 heterocycles. The van der Waals surface area contributed by atoms with Crippen LogP contribution in [-0.4, -0.2) is 33.8 Å². The van der Waals surface area contributed by atoms with Crippen molar-refractivity contribution >= 4 is 22.4 Å². The molecule has 0 aliphatic carbocycles. The van der Waals surface area contributed by atoms with Crippen molar-refractivity contribution in [3.05, 3.63) is 63.8 Å². The second kappa shape index (κ2) is 7.32. The average molecular weight is 393 g/mol. The van der Waals surface area contributed by atoms with Crippen molar-refractivity contribution < 1.29 is 14.2 Å². The summed E-state index contributed by atoms with van der Waals surface area (Å²) in [5, 5.41) is 10.2. The Hall–Kier alpha value is -3.21. The Morgan fingerprint density at radius 1 is 1.28 bits per heavy atom. The SMILES string of the molecule is CC(C)(O)C#Cc1cccc2c1COCCN2c1nc(=O)[nH]c2cccc(F)c12. The number of aromatic amines is 1. The van der Waals surface area contributed by atoms with E-state index in [0.717, 1.165) is 11.3 Å². The topological polar surface area (TPSA) is 78.5 Å². The molecule has 29 heavy (non-hydrogen) atoms. The molecule has 1 aliphatic heterocycles. The van der Waals surface area contributed by atoms with E-state index in [4.69, 9.17) is 4.74 Å².